The van der Waals surface area contributed by atoms with Crippen LogP contribution in [0.4, 0.5) is 0 Å². The molecule has 78 valence electrons. The third-order valence-corrected chi connectivity index (χ3v) is 2.23. The fraction of sp³-hybridized carbons (Fsp3) is 0.818. The Morgan fingerprint density at radius 3 is 2.54 bits per heavy atom. The fourth-order valence-electron chi connectivity index (χ4n) is 0.912. The molecule has 0 bridgehead atoms. The van der Waals surface area contributed by atoms with Gasteiger partial charge in [-0.2, -0.15) is 0 Å². The van der Waals surface area contributed by atoms with Gasteiger partial charge in [-0.05, 0) is 17.8 Å². The largest absolute Gasteiger partial charge is 0.381 e. The normalized spacial score (nSPS) is 15.8. The molecule has 13 heavy (non-hydrogen) atoms. The minimum absolute atomic E-state index is 0.0387. The zero-order chi connectivity index (χ0) is 10.3. The highest BCUT2D eigenvalue weighted by Crippen LogP contribution is 2.20. The van der Waals surface area contributed by atoms with Gasteiger partial charge in [-0.15, -0.1) is 6.58 Å². The monoisotopic (exact) mass is 185 g/mol. The molecule has 0 saturated heterocycles. The van der Waals surface area contributed by atoms with Gasteiger partial charge in [-0.1, -0.05) is 26.8 Å². The summed E-state index contributed by atoms with van der Waals surface area (Å²) >= 11 is 0. The van der Waals surface area contributed by atoms with Crippen molar-refractivity contribution in [2.24, 2.45) is 17.1 Å². The second kappa shape index (κ2) is 6.17. The highest BCUT2D eigenvalue weighted by Gasteiger charge is 2.17. The number of ether oxygens (including phenoxy) is 1. The lowest BCUT2D eigenvalue weighted by atomic mass is 9.88. The Labute approximate surface area is 82.2 Å². The van der Waals surface area contributed by atoms with E-state index in [0.717, 1.165) is 19.6 Å². The van der Waals surface area contributed by atoms with Gasteiger partial charge < -0.3 is 10.5 Å². The third kappa shape index (κ3) is 5.83. The van der Waals surface area contributed by atoms with Crippen molar-refractivity contribution < 1.29 is 4.74 Å². The fourth-order valence-corrected chi connectivity index (χ4v) is 0.912. The van der Waals surface area contributed by atoms with Crippen LogP contribution in [0, 0.1) is 11.3 Å². The molecule has 1 unspecified atom stereocenters. The minimum Gasteiger partial charge on any atom is -0.381 e. The van der Waals surface area contributed by atoms with Crippen LogP contribution in [0.1, 0.15) is 27.2 Å². The molecule has 1 atom stereocenters. The van der Waals surface area contributed by atoms with E-state index in [-0.39, 0.29) is 5.41 Å². The van der Waals surface area contributed by atoms with Crippen LogP contribution in [0.25, 0.3) is 0 Å². The van der Waals surface area contributed by atoms with Crippen LogP contribution < -0.4 is 5.73 Å². The van der Waals surface area contributed by atoms with Crippen LogP contribution >= 0.6 is 0 Å². The molecule has 0 fully saturated rings. The zero-order valence-corrected chi connectivity index (χ0v) is 9.18. The van der Waals surface area contributed by atoms with Crippen LogP contribution in [0.5, 0.6) is 0 Å². The Balaban J connectivity index is 3.56. The molecule has 0 aromatic heterocycles. The summed E-state index contributed by atoms with van der Waals surface area (Å²) in [6.07, 6.45) is 2.88. The number of hydrogen-bond acceptors (Lipinski definition) is 2. The molecule has 0 aromatic rings. The molecular weight excluding hydrogens is 162 g/mol. The van der Waals surface area contributed by atoms with Crippen molar-refractivity contribution in [2.45, 2.75) is 27.2 Å². The molecule has 0 saturated carbocycles. The Morgan fingerprint density at radius 1 is 1.54 bits per heavy atom. The molecule has 0 heterocycles. The van der Waals surface area contributed by atoms with E-state index in [1.807, 2.05) is 6.08 Å². The molecule has 2 N–H and O–H groups in total. The van der Waals surface area contributed by atoms with Gasteiger partial charge in [0.1, 0.15) is 0 Å². The highest BCUT2D eigenvalue weighted by atomic mass is 16.5. The van der Waals surface area contributed by atoms with E-state index in [4.69, 9.17) is 10.5 Å². The Kier molecular flexibility index (Phi) is 6.00. The van der Waals surface area contributed by atoms with Gasteiger partial charge in [0, 0.05) is 19.8 Å². The van der Waals surface area contributed by atoms with E-state index < -0.39 is 0 Å². The van der Waals surface area contributed by atoms with Crippen molar-refractivity contribution in [1.82, 2.24) is 0 Å². The summed E-state index contributed by atoms with van der Waals surface area (Å²) in [5.41, 5.74) is 5.67. The first-order chi connectivity index (χ1) is 6.04. The van der Waals surface area contributed by atoms with Crippen molar-refractivity contribution in [2.75, 3.05) is 19.8 Å². The summed E-state index contributed by atoms with van der Waals surface area (Å²) in [6, 6.07) is 0. The summed E-state index contributed by atoms with van der Waals surface area (Å²) in [5.74, 6) is 0.605. The van der Waals surface area contributed by atoms with Crippen molar-refractivity contribution >= 4 is 0 Å². The van der Waals surface area contributed by atoms with Gasteiger partial charge in [0.2, 0.25) is 0 Å². The molecule has 0 aliphatic rings. The van der Waals surface area contributed by atoms with Crippen LogP contribution in [-0.4, -0.2) is 19.8 Å². The molecule has 0 amide bonds. The van der Waals surface area contributed by atoms with Crippen LogP contribution in [0.3, 0.4) is 0 Å². The molecule has 0 rings (SSSR count). The Morgan fingerprint density at radius 2 is 2.15 bits per heavy atom. The van der Waals surface area contributed by atoms with Gasteiger partial charge in [0.15, 0.2) is 0 Å². The lowest BCUT2D eigenvalue weighted by Crippen LogP contribution is -2.26. The lowest BCUT2D eigenvalue weighted by molar-refractivity contribution is 0.0912. The predicted octanol–water partition coefficient (Wildman–Crippen LogP) is 2.20. The topological polar surface area (TPSA) is 35.2 Å². The molecule has 0 radical (unpaired) electrons. The average molecular weight is 185 g/mol. The van der Waals surface area contributed by atoms with Crippen LogP contribution in [-0.2, 0) is 4.74 Å². The predicted molar refractivity (Wildman–Crippen MR) is 57.6 cm³/mol. The molecule has 0 aliphatic heterocycles. The van der Waals surface area contributed by atoms with Crippen molar-refractivity contribution in [1.29, 1.82) is 0 Å². The number of hydrogen-bond donors (Lipinski definition) is 1. The first-order valence-electron chi connectivity index (χ1n) is 4.95. The van der Waals surface area contributed by atoms with Gasteiger partial charge in [0.05, 0.1) is 0 Å². The van der Waals surface area contributed by atoms with Crippen molar-refractivity contribution in [3.63, 3.8) is 0 Å². The first kappa shape index (κ1) is 12.7. The third-order valence-electron chi connectivity index (χ3n) is 2.23. The van der Waals surface area contributed by atoms with Crippen LogP contribution in [0.2, 0.25) is 0 Å². The Hall–Kier alpha value is -0.340. The Bertz CT molecular complexity index is 145. The van der Waals surface area contributed by atoms with Gasteiger partial charge >= 0.3 is 0 Å². The molecule has 0 aromatic carbocycles. The lowest BCUT2D eigenvalue weighted by Gasteiger charge is -2.23. The summed E-state index contributed by atoms with van der Waals surface area (Å²) in [5, 5.41) is 0. The quantitative estimate of drug-likeness (QED) is 0.487. The molecule has 2 nitrogen and oxygen atoms in total. The van der Waals surface area contributed by atoms with E-state index in [1.165, 1.54) is 0 Å². The standard InChI is InChI=1S/C11H23NO/c1-5-11(4,9-12)6-7-13-8-10(2)3/h5,10H,1,6-9,12H2,2-4H3. The summed E-state index contributed by atoms with van der Waals surface area (Å²) < 4.78 is 5.49. The summed E-state index contributed by atoms with van der Waals surface area (Å²) in [7, 11) is 0. The van der Waals surface area contributed by atoms with Crippen molar-refractivity contribution in [3.8, 4) is 0 Å². The maximum atomic E-state index is 5.63. The molecular formula is C11H23NO. The van der Waals surface area contributed by atoms with E-state index in [2.05, 4.69) is 27.4 Å². The van der Waals surface area contributed by atoms with Crippen molar-refractivity contribution in [3.05, 3.63) is 12.7 Å². The maximum Gasteiger partial charge on any atom is 0.0488 e. The second-order valence-electron chi connectivity index (χ2n) is 4.28. The SMILES string of the molecule is C=CC(C)(CN)CCOCC(C)C. The minimum atomic E-state index is 0.0387. The average Bonchev–Trinajstić information content (AvgIpc) is 2.12. The molecule has 0 spiro atoms. The molecule has 0 aliphatic carbocycles. The maximum absolute atomic E-state index is 5.63. The summed E-state index contributed by atoms with van der Waals surface area (Å²) in [6.45, 7) is 12.4. The number of nitrogens with two attached hydrogens (primary N) is 1. The van der Waals surface area contributed by atoms with Gasteiger partial charge in [-0.25, -0.2) is 0 Å². The molecule has 2 heteroatoms. The summed E-state index contributed by atoms with van der Waals surface area (Å²) in [4.78, 5) is 0. The number of rotatable bonds is 7. The van der Waals surface area contributed by atoms with E-state index in [9.17, 15) is 0 Å². The first-order valence-corrected chi connectivity index (χ1v) is 4.95. The zero-order valence-electron chi connectivity index (χ0n) is 9.18. The smallest absolute Gasteiger partial charge is 0.0488 e. The van der Waals surface area contributed by atoms with Gasteiger partial charge in [0.25, 0.3) is 0 Å². The van der Waals surface area contributed by atoms with E-state index in [0.29, 0.717) is 12.5 Å². The second-order valence-corrected chi connectivity index (χ2v) is 4.28. The van der Waals surface area contributed by atoms with E-state index >= 15 is 0 Å². The van der Waals surface area contributed by atoms with Crippen LogP contribution in [0.15, 0.2) is 12.7 Å². The highest BCUT2D eigenvalue weighted by molar-refractivity contribution is 4.91. The van der Waals surface area contributed by atoms with Gasteiger partial charge in [-0.3, -0.25) is 0 Å². The van der Waals surface area contributed by atoms with E-state index in [1.54, 1.807) is 0 Å².